The molecule has 0 radical (unpaired) electrons. The van der Waals surface area contributed by atoms with Crippen LogP contribution in [0.5, 0.6) is 0 Å². The molecule has 5 rings (SSSR count). The van der Waals surface area contributed by atoms with E-state index in [1.807, 2.05) is 18.2 Å². The quantitative estimate of drug-likeness (QED) is 0.246. The van der Waals surface area contributed by atoms with Gasteiger partial charge < -0.3 is 4.90 Å². The van der Waals surface area contributed by atoms with Crippen molar-refractivity contribution in [2.45, 2.75) is 25.3 Å². The lowest BCUT2D eigenvalue weighted by Gasteiger charge is -2.50. The summed E-state index contributed by atoms with van der Waals surface area (Å²) in [6.07, 6.45) is 3.13. The van der Waals surface area contributed by atoms with Gasteiger partial charge in [0.1, 0.15) is 5.57 Å². The minimum absolute atomic E-state index is 0.0250. The van der Waals surface area contributed by atoms with Crippen LogP contribution in [0.15, 0.2) is 23.8 Å². The first-order chi connectivity index (χ1) is 16.5. The summed E-state index contributed by atoms with van der Waals surface area (Å²) >= 11 is 5.15. The van der Waals surface area contributed by atoms with E-state index in [2.05, 4.69) is 4.90 Å². The molecule has 6 amide bonds. The summed E-state index contributed by atoms with van der Waals surface area (Å²) in [5.41, 5.74) is 0.831. The lowest BCUT2D eigenvalue weighted by molar-refractivity contribution is -0.159. The largest absolute Gasteiger partial charge is 0.367 e. The van der Waals surface area contributed by atoms with Crippen LogP contribution in [0, 0.1) is 5.41 Å². The highest BCUT2D eigenvalue weighted by atomic mass is 32.1. The van der Waals surface area contributed by atoms with Crippen molar-refractivity contribution < 1.29 is 24.0 Å². The molecule has 4 heterocycles. The Kier molecular flexibility index (Phi) is 5.10. The van der Waals surface area contributed by atoms with Gasteiger partial charge in [0.25, 0.3) is 11.8 Å². The van der Waals surface area contributed by atoms with Crippen LogP contribution in [0.25, 0.3) is 6.08 Å². The number of carbonyl (C=O) groups excluding carboxylic acids is 5. The molecule has 0 aromatic heterocycles. The van der Waals surface area contributed by atoms with E-state index in [1.165, 1.54) is 44.1 Å². The highest BCUT2D eigenvalue weighted by molar-refractivity contribution is 7.80. The third kappa shape index (κ3) is 3.00. The number of fused-ring (bicyclic) bond motifs is 4. The number of imide groups is 2. The lowest BCUT2D eigenvalue weighted by Crippen LogP contribution is -2.70. The first kappa shape index (κ1) is 23.2. The van der Waals surface area contributed by atoms with Crippen molar-refractivity contribution in [3.8, 4) is 0 Å². The minimum Gasteiger partial charge on any atom is -0.367 e. The van der Waals surface area contributed by atoms with Crippen molar-refractivity contribution in [2.24, 2.45) is 5.41 Å². The molecule has 1 aromatic rings. The van der Waals surface area contributed by atoms with Crippen LogP contribution in [-0.4, -0.2) is 95.1 Å². The van der Waals surface area contributed by atoms with Crippen molar-refractivity contribution >= 4 is 58.8 Å². The number of amides is 6. The van der Waals surface area contributed by atoms with Gasteiger partial charge in [0.05, 0.1) is 6.04 Å². The van der Waals surface area contributed by atoms with E-state index in [-0.39, 0.29) is 23.1 Å². The molecule has 10 nitrogen and oxygen atoms in total. The molecule has 1 atom stereocenters. The second kappa shape index (κ2) is 7.70. The minimum atomic E-state index is -1.41. The zero-order valence-electron chi connectivity index (χ0n) is 19.9. The van der Waals surface area contributed by atoms with Crippen LogP contribution >= 0.6 is 12.2 Å². The Morgan fingerprint density at radius 2 is 1.51 bits per heavy atom. The number of hydrogen-bond donors (Lipinski definition) is 0. The Morgan fingerprint density at radius 3 is 2.11 bits per heavy atom. The molecule has 4 aliphatic heterocycles. The molecule has 4 aliphatic rings. The maximum Gasteiger partial charge on any atom is 0.332 e. The summed E-state index contributed by atoms with van der Waals surface area (Å²) < 4.78 is 0. The number of carbonyl (C=O) groups is 5. The average molecular weight is 496 g/mol. The first-order valence-corrected chi connectivity index (χ1v) is 11.7. The van der Waals surface area contributed by atoms with Crippen LogP contribution in [0.3, 0.4) is 0 Å². The standard InChI is InChI=1S/C24H25N5O5S/c1-25-18(30)15(19(31)26(2)23(25)35)11-13-7-8-16-14(10-13)12-24(17-6-5-9-29(16)17)20(32)27(3)22(34)28(4)21(24)33/h7-8,10-11,17H,5-6,9,12H2,1-4H3/t17-/m0/s1. The molecule has 1 spiro atoms. The molecule has 1 aromatic carbocycles. The number of barbiturate groups is 1. The molecule has 3 saturated heterocycles. The third-order valence-electron chi connectivity index (χ3n) is 7.61. The normalized spacial score (nSPS) is 24.1. The predicted octanol–water partition coefficient (Wildman–Crippen LogP) is 0.847. The number of thiocarbonyl (C=S) groups is 1. The fraction of sp³-hybridized carbons (Fsp3) is 0.417. The van der Waals surface area contributed by atoms with Crippen LogP contribution in [0.4, 0.5) is 10.5 Å². The molecule has 35 heavy (non-hydrogen) atoms. The van der Waals surface area contributed by atoms with Crippen molar-refractivity contribution in [3.05, 3.63) is 34.9 Å². The Morgan fingerprint density at radius 1 is 0.914 bits per heavy atom. The molecule has 3 fully saturated rings. The zero-order chi connectivity index (χ0) is 25.4. The van der Waals surface area contributed by atoms with Crippen LogP contribution < -0.4 is 4.90 Å². The summed E-state index contributed by atoms with van der Waals surface area (Å²) in [4.78, 5) is 71.6. The number of urea groups is 1. The topological polar surface area (TPSA) is 102 Å². The summed E-state index contributed by atoms with van der Waals surface area (Å²) in [6, 6.07) is 4.54. The Labute approximate surface area is 207 Å². The molecule has 182 valence electrons. The molecule has 0 aliphatic carbocycles. The van der Waals surface area contributed by atoms with E-state index in [0.717, 1.165) is 27.5 Å². The Bertz CT molecular complexity index is 1220. The molecule has 11 heteroatoms. The first-order valence-electron chi connectivity index (χ1n) is 11.3. The number of likely N-dealkylation sites (N-methyl/N-ethyl adjacent to an activating group) is 2. The van der Waals surface area contributed by atoms with Crippen molar-refractivity contribution in [1.82, 2.24) is 19.6 Å². The summed E-state index contributed by atoms with van der Waals surface area (Å²) in [6.45, 7) is 0.686. The van der Waals surface area contributed by atoms with Gasteiger partial charge in [-0.15, -0.1) is 0 Å². The molecule has 0 bridgehead atoms. The van der Waals surface area contributed by atoms with Gasteiger partial charge in [-0.05, 0) is 60.8 Å². The van der Waals surface area contributed by atoms with Crippen molar-refractivity contribution in [3.63, 3.8) is 0 Å². The fourth-order valence-electron chi connectivity index (χ4n) is 5.77. The fourth-order valence-corrected chi connectivity index (χ4v) is 5.94. The molecular formula is C24H25N5O5S. The van der Waals surface area contributed by atoms with E-state index in [1.54, 1.807) is 0 Å². The lowest BCUT2D eigenvalue weighted by atomic mass is 9.68. The second-order valence-corrected chi connectivity index (χ2v) is 9.83. The van der Waals surface area contributed by atoms with E-state index >= 15 is 0 Å². The van der Waals surface area contributed by atoms with E-state index in [0.29, 0.717) is 18.5 Å². The highest BCUT2D eigenvalue weighted by Crippen LogP contribution is 2.49. The van der Waals surface area contributed by atoms with Gasteiger partial charge in [0, 0.05) is 40.4 Å². The summed E-state index contributed by atoms with van der Waals surface area (Å²) in [7, 11) is 5.84. The summed E-state index contributed by atoms with van der Waals surface area (Å²) in [5.74, 6) is -1.98. The number of rotatable bonds is 1. The van der Waals surface area contributed by atoms with Gasteiger partial charge >= 0.3 is 6.03 Å². The Hall–Kier alpha value is -3.60. The van der Waals surface area contributed by atoms with Crippen LogP contribution in [-0.2, 0) is 25.6 Å². The Balaban J connectivity index is 1.60. The predicted molar refractivity (Wildman–Crippen MR) is 130 cm³/mol. The van der Waals surface area contributed by atoms with Gasteiger partial charge in [0.2, 0.25) is 11.8 Å². The highest BCUT2D eigenvalue weighted by Gasteiger charge is 2.63. The van der Waals surface area contributed by atoms with Crippen LogP contribution in [0.1, 0.15) is 24.0 Å². The van der Waals surface area contributed by atoms with Crippen molar-refractivity contribution in [2.75, 3.05) is 39.6 Å². The van der Waals surface area contributed by atoms with Gasteiger partial charge in [-0.1, -0.05) is 6.07 Å². The van der Waals surface area contributed by atoms with Gasteiger partial charge in [-0.3, -0.25) is 38.8 Å². The van der Waals surface area contributed by atoms with E-state index < -0.39 is 35.1 Å². The molecular weight excluding hydrogens is 470 g/mol. The molecule has 0 N–H and O–H groups in total. The summed E-state index contributed by atoms with van der Waals surface area (Å²) in [5, 5.41) is 0.127. The monoisotopic (exact) mass is 495 g/mol. The van der Waals surface area contributed by atoms with Gasteiger partial charge in [-0.25, -0.2) is 4.79 Å². The second-order valence-electron chi connectivity index (χ2n) is 9.47. The zero-order valence-corrected chi connectivity index (χ0v) is 20.7. The number of benzene rings is 1. The van der Waals surface area contributed by atoms with E-state index in [9.17, 15) is 24.0 Å². The number of hydrogen-bond acceptors (Lipinski definition) is 7. The third-order valence-corrected chi connectivity index (χ3v) is 8.15. The average Bonchev–Trinajstić information content (AvgIpc) is 3.36. The van der Waals surface area contributed by atoms with Crippen LogP contribution in [0.2, 0.25) is 0 Å². The van der Waals surface area contributed by atoms with Crippen molar-refractivity contribution in [1.29, 1.82) is 0 Å². The molecule has 0 unspecified atom stereocenters. The maximum absolute atomic E-state index is 13.5. The van der Waals surface area contributed by atoms with Gasteiger partial charge in [0.15, 0.2) is 10.5 Å². The van der Waals surface area contributed by atoms with E-state index in [4.69, 9.17) is 12.2 Å². The number of nitrogens with zero attached hydrogens (tertiary/aromatic N) is 5. The SMILES string of the molecule is CN1C(=O)N(C)C(=O)C2(Cc3cc(C=C4C(=O)N(C)C(=S)N(C)C4=O)ccc3N3CCC[C@H]32)C1=O. The molecule has 0 saturated carbocycles. The maximum atomic E-state index is 13.5. The number of anilines is 1. The smallest absolute Gasteiger partial charge is 0.332 e. The van der Waals surface area contributed by atoms with Gasteiger partial charge in [-0.2, -0.15) is 0 Å².